The van der Waals surface area contributed by atoms with E-state index in [1.54, 1.807) is 6.07 Å². The Morgan fingerprint density at radius 3 is 2.65 bits per heavy atom. The quantitative estimate of drug-likeness (QED) is 0.684. The molecule has 3 rings (SSSR count). The highest BCUT2D eigenvalue weighted by molar-refractivity contribution is 14.1. The molecule has 0 bridgehead atoms. The molecule has 5 heteroatoms. The first kappa shape index (κ1) is 13.9. The number of hydrogen-bond donors (Lipinski definition) is 2. The van der Waals surface area contributed by atoms with E-state index in [4.69, 9.17) is 0 Å². The zero-order valence-electron chi connectivity index (χ0n) is 10.5. The first-order chi connectivity index (χ1) is 9.63. The summed E-state index contributed by atoms with van der Waals surface area (Å²) in [6, 6.07) is 13.9. The molecule has 2 N–H and O–H groups in total. The third-order valence-corrected chi connectivity index (χ3v) is 4.51. The Bertz CT molecular complexity index is 670. The summed E-state index contributed by atoms with van der Waals surface area (Å²) in [5.74, 6) is 0.288. The van der Waals surface area contributed by atoms with Gasteiger partial charge in [-0.3, -0.25) is 0 Å². The second-order valence-corrected chi connectivity index (χ2v) is 6.82. The van der Waals surface area contributed by atoms with Gasteiger partial charge in [0.1, 0.15) is 5.75 Å². The number of halogens is 2. The van der Waals surface area contributed by atoms with Gasteiger partial charge in [0.2, 0.25) is 0 Å². The molecule has 1 aliphatic heterocycles. The number of phenols is 1. The fourth-order valence-electron chi connectivity index (χ4n) is 2.26. The molecule has 2 aromatic rings. The van der Waals surface area contributed by atoms with Crippen LogP contribution in [-0.4, -0.2) is 10.8 Å². The van der Waals surface area contributed by atoms with Crippen molar-refractivity contribution < 1.29 is 5.11 Å². The van der Waals surface area contributed by atoms with Crippen molar-refractivity contribution in [3.63, 3.8) is 0 Å². The molecule has 1 heterocycles. The largest absolute Gasteiger partial charge is 0.508 e. The Kier molecular flexibility index (Phi) is 3.98. The van der Waals surface area contributed by atoms with E-state index < -0.39 is 0 Å². The van der Waals surface area contributed by atoms with Gasteiger partial charge in [0.05, 0.1) is 11.8 Å². The van der Waals surface area contributed by atoms with Gasteiger partial charge in [0, 0.05) is 20.0 Å². The second-order valence-electron chi connectivity index (χ2n) is 4.65. The lowest BCUT2D eigenvalue weighted by molar-refractivity contribution is 0.455. The Morgan fingerprint density at radius 1 is 1.20 bits per heavy atom. The molecule has 0 spiro atoms. The van der Waals surface area contributed by atoms with Gasteiger partial charge in [-0.15, -0.1) is 0 Å². The van der Waals surface area contributed by atoms with Crippen molar-refractivity contribution in [1.82, 2.24) is 5.43 Å². The average molecular weight is 443 g/mol. The van der Waals surface area contributed by atoms with Gasteiger partial charge in [-0.25, -0.2) is 0 Å². The van der Waals surface area contributed by atoms with Crippen LogP contribution in [0.15, 0.2) is 52.0 Å². The van der Waals surface area contributed by atoms with Crippen LogP contribution in [-0.2, 0) is 0 Å². The summed E-state index contributed by atoms with van der Waals surface area (Å²) in [7, 11) is 0. The first-order valence-electron chi connectivity index (χ1n) is 6.20. The fourth-order valence-corrected chi connectivity index (χ4v) is 2.96. The summed E-state index contributed by atoms with van der Waals surface area (Å²) in [6.07, 6.45) is 0.774. The van der Waals surface area contributed by atoms with Crippen LogP contribution in [0.1, 0.15) is 23.6 Å². The van der Waals surface area contributed by atoms with Gasteiger partial charge in [-0.2, -0.15) is 5.10 Å². The van der Waals surface area contributed by atoms with Gasteiger partial charge >= 0.3 is 0 Å². The summed E-state index contributed by atoms with van der Waals surface area (Å²) < 4.78 is 2.08. The maximum absolute atomic E-state index is 10.0. The van der Waals surface area contributed by atoms with Gasteiger partial charge in [-0.05, 0) is 52.4 Å². The number of phenolic OH excluding ortho intramolecular Hbond substituents is 1. The van der Waals surface area contributed by atoms with Crippen molar-refractivity contribution in [2.45, 2.75) is 12.5 Å². The predicted octanol–water partition coefficient (Wildman–Crippen LogP) is 4.20. The number of hydrogen-bond acceptors (Lipinski definition) is 3. The van der Waals surface area contributed by atoms with E-state index in [2.05, 4.69) is 73.3 Å². The molecule has 102 valence electrons. The van der Waals surface area contributed by atoms with E-state index in [-0.39, 0.29) is 11.8 Å². The molecule has 1 unspecified atom stereocenters. The normalized spacial score (nSPS) is 17.7. The van der Waals surface area contributed by atoms with Crippen molar-refractivity contribution in [3.05, 3.63) is 61.6 Å². The van der Waals surface area contributed by atoms with Gasteiger partial charge in [0.15, 0.2) is 0 Å². The second kappa shape index (κ2) is 5.73. The van der Waals surface area contributed by atoms with Crippen LogP contribution < -0.4 is 5.43 Å². The Labute approximate surface area is 139 Å². The number of benzene rings is 2. The molecule has 1 aliphatic rings. The van der Waals surface area contributed by atoms with E-state index in [9.17, 15) is 5.11 Å². The van der Waals surface area contributed by atoms with Crippen molar-refractivity contribution in [2.75, 3.05) is 0 Å². The topological polar surface area (TPSA) is 44.6 Å². The van der Waals surface area contributed by atoms with Crippen LogP contribution in [0.5, 0.6) is 5.75 Å². The summed E-state index contributed by atoms with van der Waals surface area (Å²) in [6.45, 7) is 0. The molecule has 0 fully saturated rings. The molecule has 0 saturated carbocycles. The molecule has 0 amide bonds. The summed E-state index contributed by atoms with van der Waals surface area (Å²) in [4.78, 5) is 0. The minimum atomic E-state index is 0.0254. The third kappa shape index (κ3) is 2.83. The number of rotatable bonds is 2. The maximum Gasteiger partial charge on any atom is 0.122 e. The standard InChI is InChI=1S/C15H12BrIN2O/c16-10-3-6-12(15(20)7-10)14-8-13(18-19-14)9-1-4-11(17)5-2-9/h1-7,14,19-20H,8H2. The summed E-state index contributed by atoms with van der Waals surface area (Å²) in [5, 5.41) is 14.4. The molecule has 0 aliphatic carbocycles. The number of nitrogens with one attached hydrogen (secondary N) is 1. The van der Waals surface area contributed by atoms with Gasteiger partial charge in [-0.1, -0.05) is 34.1 Å². The predicted molar refractivity (Wildman–Crippen MR) is 92.0 cm³/mol. The lowest BCUT2D eigenvalue weighted by Gasteiger charge is -2.12. The van der Waals surface area contributed by atoms with Crippen molar-refractivity contribution in [1.29, 1.82) is 0 Å². The average Bonchev–Trinajstić information content (AvgIpc) is 2.89. The van der Waals surface area contributed by atoms with Crippen LogP contribution in [0.4, 0.5) is 0 Å². The fraction of sp³-hybridized carbons (Fsp3) is 0.133. The molecule has 3 nitrogen and oxygen atoms in total. The van der Waals surface area contributed by atoms with E-state index in [1.165, 1.54) is 3.57 Å². The van der Waals surface area contributed by atoms with Crippen molar-refractivity contribution >= 4 is 44.2 Å². The highest BCUT2D eigenvalue weighted by Crippen LogP contribution is 2.32. The Balaban J connectivity index is 1.80. The zero-order valence-corrected chi connectivity index (χ0v) is 14.2. The van der Waals surface area contributed by atoms with Crippen LogP contribution in [0.2, 0.25) is 0 Å². The van der Waals surface area contributed by atoms with E-state index in [1.807, 2.05) is 12.1 Å². The lowest BCUT2D eigenvalue weighted by atomic mass is 9.98. The molecular formula is C15H12BrIN2O. The van der Waals surface area contributed by atoms with E-state index in [0.717, 1.165) is 27.7 Å². The van der Waals surface area contributed by atoms with Crippen LogP contribution in [0, 0.1) is 3.57 Å². The Hall–Kier alpha value is -1.08. The molecule has 0 saturated heterocycles. The molecule has 0 aromatic heterocycles. The van der Waals surface area contributed by atoms with Gasteiger partial charge in [0.25, 0.3) is 0 Å². The van der Waals surface area contributed by atoms with Crippen molar-refractivity contribution in [2.24, 2.45) is 5.10 Å². The van der Waals surface area contributed by atoms with Crippen molar-refractivity contribution in [3.8, 4) is 5.75 Å². The SMILES string of the molecule is Oc1cc(Br)ccc1C1CC(c2ccc(I)cc2)=NN1. The number of aromatic hydroxyl groups is 1. The summed E-state index contributed by atoms with van der Waals surface area (Å²) in [5.41, 5.74) is 6.12. The van der Waals surface area contributed by atoms with E-state index >= 15 is 0 Å². The molecule has 0 radical (unpaired) electrons. The maximum atomic E-state index is 10.0. The number of hydrazone groups is 1. The monoisotopic (exact) mass is 442 g/mol. The summed E-state index contributed by atoms with van der Waals surface area (Å²) >= 11 is 5.64. The number of nitrogens with zero attached hydrogens (tertiary/aromatic N) is 1. The molecule has 2 aromatic carbocycles. The first-order valence-corrected chi connectivity index (χ1v) is 8.07. The van der Waals surface area contributed by atoms with Crippen LogP contribution in [0.3, 0.4) is 0 Å². The minimum absolute atomic E-state index is 0.0254. The third-order valence-electron chi connectivity index (χ3n) is 3.30. The highest BCUT2D eigenvalue weighted by Gasteiger charge is 2.23. The van der Waals surface area contributed by atoms with Crippen LogP contribution in [0.25, 0.3) is 0 Å². The van der Waals surface area contributed by atoms with E-state index in [0.29, 0.717) is 0 Å². The molecular weight excluding hydrogens is 431 g/mol. The zero-order chi connectivity index (χ0) is 14.1. The lowest BCUT2D eigenvalue weighted by Crippen LogP contribution is -2.10. The van der Waals surface area contributed by atoms with Gasteiger partial charge < -0.3 is 10.5 Å². The molecule has 1 atom stereocenters. The highest BCUT2D eigenvalue weighted by atomic mass is 127. The van der Waals surface area contributed by atoms with Crippen LogP contribution >= 0.6 is 38.5 Å². The molecule has 20 heavy (non-hydrogen) atoms. The smallest absolute Gasteiger partial charge is 0.122 e. The minimum Gasteiger partial charge on any atom is -0.508 e. The Morgan fingerprint density at radius 2 is 1.95 bits per heavy atom.